The van der Waals surface area contributed by atoms with Crippen LogP contribution in [-0.4, -0.2) is 6.18 Å². The zero-order chi connectivity index (χ0) is 18.7. The highest BCUT2D eigenvalue weighted by atomic mass is 19.4. The molecular weight excluding hydrogens is 340 g/mol. The molecule has 1 aromatic rings. The lowest BCUT2D eigenvalue weighted by atomic mass is 9.68. The fraction of sp³-hybridized carbons (Fsp3) is 0.636. The molecule has 0 nitrogen and oxygen atoms in total. The Morgan fingerprint density at radius 1 is 0.846 bits per heavy atom. The Morgan fingerprint density at radius 2 is 1.35 bits per heavy atom. The second-order valence-electron chi connectivity index (χ2n) is 8.20. The van der Waals surface area contributed by atoms with E-state index in [1.165, 1.54) is 36.8 Å². The third kappa shape index (κ3) is 5.11. The van der Waals surface area contributed by atoms with E-state index < -0.39 is 17.9 Å². The largest absolute Gasteiger partial charge is 0.412 e. The van der Waals surface area contributed by atoms with Crippen LogP contribution in [0.15, 0.2) is 36.2 Å². The van der Waals surface area contributed by atoms with E-state index in [9.17, 15) is 17.6 Å². The summed E-state index contributed by atoms with van der Waals surface area (Å²) < 4.78 is 50.7. The van der Waals surface area contributed by atoms with Crippen LogP contribution in [-0.2, 0) is 0 Å². The van der Waals surface area contributed by atoms with Crippen molar-refractivity contribution in [1.29, 1.82) is 0 Å². The Labute approximate surface area is 153 Å². The van der Waals surface area contributed by atoms with Crippen LogP contribution < -0.4 is 0 Å². The smallest absolute Gasteiger partial charge is 0.212 e. The molecule has 0 saturated heterocycles. The molecule has 0 amide bonds. The van der Waals surface area contributed by atoms with E-state index in [-0.39, 0.29) is 6.08 Å². The van der Waals surface area contributed by atoms with Gasteiger partial charge in [0.1, 0.15) is 5.83 Å². The molecule has 4 heteroatoms. The molecule has 2 saturated carbocycles. The van der Waals surface area contributed by atoms with Crippen LogP contribution in [0.1, 0.15) is 68.4 Å². The second-order valence-corrected chi connectivity index (χ2v) is 8.20. The molecule has 0 bridgehead atoms. The molecule has 0 atom stereocenters. The Hall–Kier alpha value is -1.32. The van der Waals surface area contributed by atoms with E-state index in [0.29, 0.717) is 30.6 Å². The minimum absolute atomic E-state index is 0.148. The zero-order valence-electron chi connectivity index (χ0n) is 15.4. The molecule has 0 spiro atoms. The summed E-state index contributed by atoms with van der Waals surface area (Å²) in [5.41, 5.74) is 2.71. The SMILES string of the molecule is Cc1ccc(C2CCC(C3CCC(/C(F)=C/C(F)(F)F)CC3)CC2)cc1. The molecule has 144 valence electrons. The highest BCUT2D eigenvalue weighted by Gasteiger charge is 2.34. The summed E-state index contributed by atoms with van der Waals surface area (Å²) in [4.78, 5) is 0. The third-order valence-corrected chi connectivity index (χ3v) is 6.45. The van der Waals surface area contributed by atoms with Crippen molar-refractivity contribution in [3.8, 4) is 0 Å². The first kappa shape index (κ1) is 19.4. The van der Waals surface area contributed by atoms with Crippen molar-refractivity contribution in [3.63, 3.8) is 0 Å². The first-order valence-corrected chi connectivity index (χ1v) is 9.83. The number of aryl methyl sites for hydroxylation is 1. The second kappa shape index (κ2) is 8.14. The van der Waals surface area contributed by atoms with Crippen molar-refractivity contribution in [2.24, 2.45) is 17.8 Å². The minimum atomic E-state index is -4.55. The van der Waals surface area contributed by atoms with Crippen LogP contribution in [0.5, 0.6) is 0 Å². The predicted molar refractivity (Wildman–Crippen MR) is 96.6 cm³/mol. The summed E-state index contributed by atoms with van der Waals surface area (Å²) in [7, 11) is 0. The van der Waals surface area contributed by atoms with Crippen LogP contribution in [0.4, 0.5) is 17.6 Å². The summed E-state index contributed by atoms with van der Waals surface area (Å²) in [6.07, 6.45) is 2.91. The summed E-state index contributed by atoms with van der Waals surface area (Å²) >= 11 is 0. The van der Waals surface area contributed by atoms with Gasteiger partial charge in [0.05, 0.1) is 6.08 Å². The van der Waals surface area contributed by atoms with Crippen molar-refractivity contribution in [3.05, 3.63) is 47.3 Å². The van der Waals surface area contributed by atoms with Gasteiger partial charge in [0.15, 0.2) is 0 Å². The number of hydrogen-bond donors (Lipinski definition) is 0. The zero-order valence-corrected chi connectivity index (χ0v) is 15.4. The van der Waals surface area contributed by atoms with Gasteiger partial charge in [-0.25, -0.2) is 4.39 Å². The summed E-state index contributed by atoms with van der Waals surface area (Å²) in [6.45, 7) is 2.10. The molecule has 2 fully saturated rings. The first-order chi connectivity index (χ1) is 12.3. The van der Waals surface area contributed by atoms with Crippen molar-refractivity contribution >= 4 is 0 Å². The van der Waals surface area contributed by atoms with Crippen LogP contribution in [0.25, 0.3) is 0 Å². The van der Waals surface area contributed by atoms with Gasteiger partial charge in [-0.2, -0.15) is 13.2 Å². The number of allylic oxidation sites excluding steroid dienone is 2. The maximum Gasteiger partial charge on any atom is 0.412 e. The molecule has 1 aromatic carbocycles. The fourth-order valence-corrected chi connectivity index (χ4v) is 4.90. The molecule has 0 aromatic heterocycles. The summed E-state index contributed by atoms with van der Waals surface area (Å²) in [5, 5.41) is 0. The first-order valence-electron chi connectivity index (χ1n) is 9.83. The topological polar surface area (TPSA) is 0 Å². The van der Waals surface area contributed by atoms with Gasteiger partial charge in [0, 0.05) is 5.92 Å². The lowest BCUT2D eigenvalue weighted by Crippen LogP contribution is -2.25. The number of alkyl halides is 3. The Morgan fingerprint density at radius 3 is 1.85 bits per heavy atom. The monoisotopic (exact) mass is 368 g/mol. The quantitative estimate of drug-likeness (QED) is 0.485. The van der Waals surface area contributed by atoms with Crippen LogP contribution in [0, 0.1) is 24.7 Å². The van der Waals surface area contributed by atoms with Crippen molar-refractivity contribution < 1.29 is 17.6 Å². The van der Waals surface area contributed by atoms with Gasteiger partial charge < -0.3 is 0 Å². The van der Waals surface area contributed by atoms with Gasteiger partial charge in [-0.05, 0) is 81.6 Å². The normalized spacial score (nSPS) is 31.0. The lowest BCUT2D eigenvalue weighted by molar-refractivity contribution is -0.0821. The van der Waals surface area contributed by atoms with E-state index >= 15 is 0 Å². The Bertz CT molecular complexity index is 598. The van der Waals surface area contributed by atoms with Crippen molar-refractivity contribution in [1.82, 2.24) is 0 Å². The average Bonchev–Trinajstić information content (AvgIpc) is 2.61. The van der Waals surface area contributed by atoms with Gasteiger partial charge in [-0.1, -0.05) is 29.8 Å². The Balaban J connectivity index is 1.48. The molecule has 0 radical (unpaired) electrons. The van der Waals surface area contributed by atoms with Crippen LogP contribution >= 0.6 is 0 Å². The van der Waals surface area contributed by atoms with E-state index in [2.05, 4.69) is 31.2 Å². The molecule has 3 rings (SSSR count). The molecule has 0 heterocycles. The van der Waals surface area contributed by atoms with E-state index in [1.54, 1.807) is 0 Å². The van der Waals surface area contributed by atoms with Crippen LogP contribution in [0.3, 0.4) is 0 Å². The Kier molecular flexibility index (Phi) is 6.09. The van der Waals surface area contributed by atoms with Gasteiger partial charge in [-0.15, -0.1) is 0 Å². The van der Waals surface area contributed by atoms with Gasteiger partial charge in [-0.3, -0.25) is 0 Å². The predicted octanol–water partition coefficient (Wildman–Crippen LogP) is 7.49. The van der Waals surface area contributed by atoms with Gasteiger partial charge >= 0.3 is 6.18 Å². The fourth-order valence-electron chi connectivity index (χ4n) is 4.90. The van der Waals surface area contributed by atoms with E-state index in [1.807, 2.05) is 0 Å². The molecule has 2 aliphatic carbocycles. The number of benzene rings is 1. The maximum absolute atomic E-state index is 13.8. The van der Waals surface area contributed by atoms with Gasteiger partial charge in [0.25, 0.3) is 0 Å². The summed E-state index contributed by atoms with van der Waals surface area (Å²) in [6, 6.07) is 8.82. The maximum atomic E-state index is 13.8. The standard InChI is InChI=1S/C22H28F4/c1-15-2-4-16(5-3-15)17-6-8-18(9-7-17)19-10-12-20(13-11-19)21(23)14-22(24,25)26/h2-5,14,17-20H,6-13H2,1H3/b21-14-. The highest BCUT2D eigenvalue weighted by molar-refractivity contribution is 5.24. The molecule has 2 aliphatic rings. The minimum Gasteiger partial charge on any atom is -0.212 e. The number of rotatable bonds is 3. The van der Waals surface area contributed by atoms with E-state index in [4.69, 9.17) is 0 Å². The highest BCUT2D eigenvalue weighted by Crippen LogP contribution is 2.45. The van der Waals surface area contributed by atoms with Crippen molar-refractivity contribution in [2.75, 3.05) is 0 Å². The summed E-state index contributed by atoms with van der Waals surface area (Å²) in [5.74, 6) is 0.349. The molecule has 0 N–H and O–H groups in total. The number of hydrogen-bond acceptors (Lipinski definition) is 0. The average molecular weight is 368 g/mol. The number of halogens is 4. The van der Waals surface area contributed by atoms with E-state index in [0.717, 1.165) is 12.8 Å². The van der Waals surface area contributed by atoms with Crippen molar-refractivity contribution in [2.45, 2.75) is 70.4 Å². The molecule has 0 aliphatic heterocycles. The van der Waals surface area contributed by atoms with Gasteiger partial charge in [0.2, 0.25) is 0 Å². The molecule has 26 heavy (non-hydrogen) atoms. The molecular formula is C22H28F4. The lowest BCUT2D eigenvalue weighted by Gasteiger charge is -2.37. The molecule has 0 unspecified atom stereocenters. The third-order valence-electron chi connectivity index (χ3n) is 6.45. The van der Waals surface area contributed by atoms with Crippen LogP contribution in [0.2, 0.25) is 0 Å².